The van der Waals surface area contributed by atoms with E-state index in [-0.39, 0.29) is 5.91 Å². The first kappa shape index (κ1) is 13.7. The van der Waals surface area contributed by atoms with Gasteiger partial charge in [-0.3, -0.25) is 9.48 Å². The minimum absolute atomic E-state index is 0.103. The SMILES string of the molecule is Cc1nn(C)c(C)c1C(=O)Nc1ccc2c(c1)NCCC2. The Hall–Kier alpha value is -2.30. The Morgan fingerprint density at radius 3 is 2.90 bits per heavy atom. The second-order valence-corrected chi connectivity index (χ2v) is 5.53. The zero-order valence-electron chi connectivity index (χ0n) is 12.7. The van der Waals surface area contributed by atoms with Crippen molar-refractivity contribution in [3.8, 4) is 0 Å². The van der Waals surface area contributed by atoms with Gasteiger partial charge in [0.2, 0.25) is 0 Å². The van der Waals surface area contributed by atoms with E-state index in [1.165, 1.54) is 5.56 Å². The van der Waals surface area contributed by atoms with Gasteiger partial charge in [-0.15, -0.1) is 0 Å². The van der Waals surface area contributed by atoms with E-state index in [0.717, 1.165) is 42.1 Å². The number of hydrogen-bond donors (Lipinski definition) is 2. The van der Waals surface area contributed by atoms with Crippen LogP contribution in [0, 0.1) is 13.8 Å². The van der Waals surface area contributed by atoms with E-state index in [2.05, 4.69) is 21.8 Å². The molecule has 21 heavy (non-hydrogen) atoms. The minimum Gasteiger partial charge on any atom is -0.385 e. The Balaban J connectivity index is 1.84. The summed E-state index contributed by atoms with van der Waals surface area (Å²) in [6, 6.07) is 6.05. The first-order valence-electron chi connectivity index (χ1n) is 7.24. The molecule has 1 aromatic carbocycles. The molecule has 5 nitrogen and oxygen atoms in total. The molecule has 0 unspecified atom stereocenters. The van der Waals surface area contributed by atoms with E-state index in [9.17, 15) is 4.79 Å². The van der Waals surface area contributed by atoms with Gasteiger partial charge >= 0.3 is 0 Å². The van der Waals surface area contributed by atoms with E-state index < -0.39 is 0 Å². The number of nitrogens with one attached hydrogen (secondary N) is 2. The highest BCUT2D eigenvalue weighted by Crippen LogP contribution is 2.26. The molecule has 3 rings (SSSR count). The summed E-state index contributed by atoms with van der Waals surface area (Å²) in [4.78, 5) is 12.5. The summed E-state index contributed by atoms with van der Waals surface area (Å²) in [6.07, 6.45) is 2.25. The second kappa shape index (κ2) is 5.24. The molecule has 1 aliphatic rings. The van der Waals surface area contributed by atoms with Crippen molar-refractivity contribution in [2.45, 2.75) is 26.7 Å². The van der Waals surface area contributed by atoms with Crippen LogP contribution in [0.3, 0.4) is 0 Å². The van der Waals surface area contributed by atoms with Crippen molar-refractivity contribution in [2.24, 2.45) is 7.05 Å². The Labute approximate surface area is 124 Å². The summed E-state index contributed by atoms with van der Waals surface area (Å²) in [5.74, 6) is -0.103. The van der Waals surface area contributed by atoms with Crippen LogP contribution < -0.4 is 10.6 Å². The van der Waals surface area contributed by atoms with Crippen molar-refractivity contribution in [3.05, 3.63) is 40.7 Å². The van der Waals surface area contributed by atoms with Gasteiger partial charge < -0.3 is 10.6 Å². The van der Waals surface area contributed by atoms with Crippen molar-refractivity contribution in [1.82, 2.24) is 9.78 Å². The van der Waals surface area contributed by atoms with Crippen LogP contribution in [0.2, 0.25) is 0 Å². The third kappa shape index (κ3) is 2.51. The molecular formula is C16H20N4O. The van der Waals surface area contributed by atoms with Crippen molar-refractivity contribution in [1.29, 1.82) is 0 Å². The maximum absolute atomic E-state index is 12.5. The lowest BCUT2D eigenvalue weighted by molar-refractivity contribution is 0.102. The Kier molecular flexibility index (Phi) is 3.41. The number of anilines is 2. The maximum Gasteiger partial charge on any atom is 0.259 e. The lowest BCUT2D eigenvalue weighted by Gasteiger charge is -2.18. The normalized spacial score (nSPS) is 13.5. The average Bonchev–Trinajstić information content (AvgIpc) is 2.72. The fourth-order valence-electron chi connectivity index (χ4n) is 2.83. The van der Waals surface area contributed by atoms with Gasteiger partial charge in [-0.1, -0.05) is 6.07 Å². The largest absolute Gasteiger partial charge is 0.385 e. The molecule has 1 amide bonds. The number of benzene rings is 1. The molecule has 2 heterocycles. The summed E-state index contributed by atoms with van der Waals surface area (Å²) in [5, 5.41) is 10.6. The number of fused-ring (bicyclic) bond motifs is 1. The number of amides is 1. The van der Waals surface area contributed by atoms with Crippen LogP contribution in [0.1, 0.15) is 33.7 Å². The zero-order valence-corrected chi connectivity index (χ0v) is 12.7. The molecule has 0 saturated carbocycles. The quantitative estimate of drug-likeness (QED) is 0.891. The number of aryl methyl sites for hydroxylation is 3. The van der Waals surface area contributed by atoms with Crippen LogP contribution in [0.25, 0.3) is 0 Å². The predicted molar refractivity (Wildman–Crippen MR) is 83.9 cm³/mol. The summed E-state index contributed by atoms with van der Waals surface area (Å²) < 4.78 is 1.73. The van der Waals surface area contributed by atoms with Crippen LogP contribution in [0.4, 0.5) is 11.4 Å². The molecule has 2 aromatic rings. The standard InChI is InChI=1S/C16H20N4O/c1-10-15(11(2)20(3)19-10)16(21)18-13-7-6-12-5-4-8-17-14(12)9-13/h6-7,9,17H,4-5,8H2,1-3H3,(H,18,21). The molecule has 0 bridgehead atoms. The number of rotatable bonds is 2. The molecule has 0 aliphatic carbocycles. The van der Waals surface area contributed by atoms with Gasteiger partial charge in [-0.05, 0) is 44.4 Å². The van der Waals surface area contributed by atoms with E-state index in [1.54, 1.807) is 4.68 Å². The maximum atomic E-state index is 12.5. The van der Waals surface area contributed by atoms with E-state index in [1.807, 2.05) is 33.0 Å². The van der Waals surface area contributed by atoms with E-state index in [0.29, 0.717) is 5.56 Å². The molecule has 1 aromatic heterocycles. The van der Waals surface area contributed by atoms with Crippen molar-refractivity contribution >= 4 is 17.3 Å². The van der Waals surface area contributed by atoms with E-state index >= 15 is 0 Å². The number of carbonyl (C=O) groups is 1. The van der Waals surface area contributed by atoms with Crippen molar-refractivity contribution in [3.63, 3.8) is 0 Å². The van der Waals surface area contributed by atoms with Crippen molar-refractivity contribution < 1.29 is 4.79 Å². The third-order valence-corrected chi connectivity index (χ3v) is 4.04. The number of carbonyl (C=O) groups excluding carboxylic acids is 1. The van der Waals surface area contributed by atoms with Crippen LogP contribution in [-0.4, -0.2) is 22.2 Å². The molecule has 110 valence electrons. The monoisotopic (exact) mass is 284 g/mol. The average molecular weight is 284 g/mol. The summed E-state index contributed by atoms with van der Waals surface area (Å²) in [5.41, 5.74) is 5.54. The zero-order chi connectivity index (χ0) is 15.0. The molecule has 0 fully saturated rings. The molecule has 1 aliphatic heterocycles. The van der Waals surface area contributed by atoms with Crippen LogP contribution >= 0.6 is 0 Å². The second-order valence-electron chi connectivity index (χ2n) is 5.53. The van der Waals surface area contributed by atoms with Gasteiger partial charge in [0.05, 0.1) is 11.3 Å². The number of nitrogens with zero attached hydrogens (tertiary/aromatic N) is 2. The first-order valence-corrected chi connectivity index (χ1v) is 7.24. The Bertz CT molecular complexity index is 703. The van der Waals surface area contributed by atoms with Crippen LogP contribution in [0.5, 0.6) is 0 Å². The molecule has 0 saturated heterocycles. The Morgan fingerprint density at radius 1 is 1.38 bits per heavy atom. The fraction of sp³-hybridized carbons (Fsp3) is 0.375. The predicted octanol–water partition coefficient (Wildman–Crippen LogP) is 2.65. The highest BCUT2D eigenvalue weighted by atomic mass is 16.1. The molecule has 0 radical (unpaired) electrons. The molecule has 2 N–H and O–H groups in total. The summed E-state index contributed by atoms with van der Waals surface area (Å²) in [7, 11) is 1.85. The topological polar surface area (TPSA) is 59.0 Å². The first-order chi connectivity index (χ1) is 10.1. The van der Waals surface area contributed by atoms with E-state index in [4.69, 9.17) is 0 Å². The van der Waals surface area contributed by atoms with Gasteiger partial charge in [0, 0.05) is 30.7 Å². The third-order valence-electron chi connectivity index (χ3n) is 4.04. The molecular weight excluding hydrogens is 264 g/mol. The van der Waals surface area contributed by atoms with Gasteiger partial charge in [0.1, 0.15) is 0 Å². The van der Waals surface area contributed by atoms with Crippen LogP contribution in [-0.2, 0) is 13.5 Å². The lowest BCUT2D eigenvalue weighted by Crippen LogP contribution is -2.16. The van der Waals surface area contributed by atoms with Crippen molar-refractivity contribution in [2.75, 3.05) is 17.2 Å². The van der Waals surface area contributed by atoms with Crippen LogP contribution in [0.15, 0.2) is 18.2 Å². The molecule has 0 atom stereocenters. The molecule has 0 spiro atoms. The number of hydrogen-bond acceptors (Lipinski definition) is 3. The fourth-order valence-corrected chi connectivity index (χ4v) is 2.83. The smallest absolute Gasteiger partial charge is 0.259 e. The summed E-state index contributed by atoms with van der Waals surface area (Å²) >= 11 is 0. The van der Waals surface area contributed by atoms with Gasteiger partial charge in [-0.2, -0.15) is 5.10 Å². The van der Waals surface area contributed by atoms with Gasteiger partial charge in [-0.25, -0.2) is 0 Å². The highest BCUT2D eigenvalue weighted by molar-refractivity contribution is 6.06. The minimum atomic E-state index is -0.103. The number of aromatic nitrogens is 2. The van der Waals surface area contributed by atoms with Gasteiger partial charge in [0.15, 0.2) is 0 Å². The molecule has 5 heteroatoms. The van der Waals surface area contributed by atoms with Gasteiger partial charge in [0.25, 0.3) is 5.91 Å². The highest BCUT2D eigenvalue weighted by Gasteiger charge is 2.18. The Morgan fingerprint density at radius 2 is 2.19 bits per heavy atom. The lowest BCUT2D eigenvalue weighted by atomic mass is 10.0. The summed E-state index contributed by atoms with van der Waals surface area (Å²) in [6.45, 7) is 4.75.